The molecule has 0 saturated carbocycles. The Morgan fingerprint density at radius 2 is 1.90 bits per heavy atom. The molecule has 0 radical (unpaired) electrons. The molecule has 0 saturated heterocycles. The summed E-state index contributed by atoms with van der Waals surface area (Å²) in [4.78, 5) is 3.70. The molecule has 3 nitrogen and oxygen atoms in total. The summed E-state index contributed by atoms with van der Waals surface area (Å²) in [6, 6.07) is 9.17. The zero-order valence-corrected chi connectivity index (χ0v) is 10.5. The van der Waals surface area contributed by atoms with Gasteiger partial charge in [0.15, 0.2) is 0 Å². The van der Waals surface area contributed by atoms with Crippen LogP contribution in [0.1, 0.15) is 17.2 Å². The second-order valence-corrected chi connectivity index (χ2v) is 4.14. The summed E-state index contributed by atoms with van der Waals surface area (Å²) >= 11 is 0. The van der Waals surface area contributed by atoms with Crippen LogP contribution >= 0.6 is 0 Å². The van der Waals surface area contributed by atoms with Gasteiger partial charge in [0.05, 0.1) is 0 Å². The Balaban J connectivity index is 2.34. The van der Waals surface area contributed by atoms with Crippen LogP contribution in [0.5, 0.6) is 5.75 Å². The third-order valence-corrected chi connectivity index (χ3v) is 2.72. The molecule has 106 valence electrons. The molecule has 0 aliphatic heterocycles. The van der Waals surface area contributed by atoms with Crippen LogP contribution in [0.25, 0.3) is 0 Å². The molecule has 1 atom stereocenters. The molecule has 2 N–H and O–H groups in total. The third-order valence-electron chi connectivity index (χ3n) is 2.72. The largest absolute Gasteiger partial charge is 0.476 e. The third kappa shape index (κ3) is 3.27. The minimum Gasteiger partial charge on any atom is -0.476 e. The molecule has 1 aromatic heterocycles. The van der Waals surface area contributed by atoms with Gasteiger partial charge in [0, 0.05) is 30.1 Å². The normalized spacial score (nSPS) is 13.0. The molecule has 0 spiro atoms. The Morgan fingerprint density at radius 1 is 1.15 bits per heavy atom. The predicted molar refractivity (Wildman–Crippen MR) is 68.0 cm³/mol. The quantitative estimate of drug-likeness (QED) is 0.936. The van der Waals surface area contributed by atoms with E-state index in [1.807, 2.05) is 0 Å². The molecule has 2 rings (SSSR count). The van der Waals surface area contributed by atoms with Gasteiger partial charge < -0.3 is 10.5 Å². The minimum absolute atomic E-state index is 0.0492. The van der Waals surface area contributed by atoms with Crippen LogP contribution < -0.4 is 10.5 Å². The summed E-state index contributed by atoms with van der Waals surface area (Å²) in [5.74, 6) is 0.126. The number of hydrogen-bond donors (Lipinski definition) is 1. The number of nitrogens with zero attached hydrogens (tertiary/aromatic N) is 1. The molecule has 0 aliphatic carbocycles. The lowest BCUT2D eigenvalue weighted by Gasteiger charge is -2.23. The lowest BCUT2D eigenvalue weighted by Crippen LogP contribution is -2.26. The number of para-hydroxylation sites is 1. The molecule has 6 heteroatoms. The van der Waals surface area contributed by atoms with Crippen molar-refractivity contribution >= 4 is 0 Å². The highest BCUT2D eigenvalue weighted by Crippen LogP contribution is 2.37. The van der Waals surface area contributed by atoms with Crippen molar-refractivity contribution in [2.45, 2.75) is 18.8 Å². The molecule has 0 aliphatic rings. The topological polar surface area (TPSA) is 48.1 Å². The number of rotatable bonds is 4. The number of aromatic nitrogens is 1. The molecule has 2 aromatic rings. The van der Waals surface area contributed by atoms with Crippen molar-refractivity contribution in [3.63, 3.8) is 0 Å². The number of halogens is 3. The molecule has 1 unspecified atom stereocenters. The van der Waals surface area contributed by atoms with Crippen molar-refractivity contribution in [1.29, 1.82) is 0 Å². The summed E-state index contributed by atoms with van der Waals surface area (Å²) in [6.07, 6.45) is -4.05. The molecular weight excluding hydrogens is 269 g/mol. The van der Waals surface area contributed by atoms with Crippen molar-refractivity contribution in [1.82, 2.24) is 4.98 Å². The SMILES string of the molecule is NCc1ccccc1OC(c1cccnc1)C(F)(F)F. The Bertz CT molecular complexity index is 558. The van der Waals surface area contributed by atoms with Gasteiger partial charge in [-0.2, -0.15) is 13.2 Å². The standard InChI is InChI=1S/C14H13F3N2O/c15-14(16,17)13(11-5-3-7-19-9-11)20-12-6-2-1-4-10(12)8-18/h1-7,9,13H,8,18H2. The molecule has 1 aromatic carbocycles. The summed E-state index contributed by atoms with van der Waals surface area (Å²) in [7, 11) is 0. The van der Waals surface area contributed by atoms with Gasteiger partial charge in [0.25, 0.3) is 0 Å². The van der Waals surface area contributed by atoms with E-state index in [0.29, 0.717) is 5.56 Å². The van der Waals surface area contributed by atoms with E-state index in [1.54, 1.807) is 18.2 Å². The zero-order valence-electron chi connectivity index (χ0n) is 10.5. The number of hydrogen-bond acceptors (Lipinski definition) is 3. The van der Waals surface area contributed by atoms with Crippen molar-refractivity contribution < 1.29 is 17.9 Å². The lowest BCUT2D eigenvalue weighted by atomic mass is 10.1. The average Bonchev–Trinajstić information content (AvgIpc) is 2.45. The van der Waals surface area contributed by atoms with Gasteiger partial charge in [-0.3, -0.25) is 4.98 Å². The average molecular weight is 282 g/mol. The van der Waals surface area contributed by atoms with Crippen LogP contribution in [0.2, 0.25) is 0 Å². The van der Waals surface area contributed by atoms with E-state index in [1.165, 1.54) is 24.4 Å². The molecule has 0 amide bonds. The van der Waals surface area contributed by atoms with Gasteiger partial charge in [-0.05, 0) is 12.1 Å². The van der Waals surface area contributed by atoms with E-state index >= 15 is 0 Å². The number of nitrogens with two attached hydrogens (primary N) is 1. The first-order valence-electron chi connectivity index (χ1n) is 5.93. The first kappa shape index (κ1) is 14.3. The van der Waals surface area contributed by atoms with E-state index in [2.05, 4.69) is 4.98 Å². The first-order chi connectivity index (χ1) is 9.52. The molecule has 0 bridgehead atoms. The zero-order chi connectivity index (χ0) is 14.6. The number of pyridine rings is 1. The van der Waals surface area contributed by atoms with Crippen molar-refractivity contribution in [2.75, 3.05) is 0 Å². The maximum absolute atomic E-state index is 13.1. The van der Waals surface area contributed by atoms with Crippen LogP contribution in [0.4, 0.5) is 13.2 Å². The Labute approximate surface area is 114 Å². The number of benzene rings is 1. The summed E-state index contributed by atoms with van der Waals surface area (Å²) < 4.78 is 44.6. The smallest absolute Gasteiger partial charge is 0.429 e. The minimum atomic E-state index is -4.54. The van der Waals surface area contributed by atoms with Crippen molar-refractivity contribution in [3.8, 4) is 5.75 Å². The second-order valence-electron chi connectivity index (χ2n) is 4.14. The summed E-state index contributed by atoms with van der Waals surface area (Å²) in [5.41, 5.74) is 5.97. The Morgan fingerprint density at radius 3 is 2.50 bits per heavy atom. The highest BCUT2D eigenvalue weighted by molar-refractivity contribution is 5.34. The van der Waals surface area contributed by atoms with Crippen LogP contribution in [-0.2, 0) is 6.54 Å². The van der Waals surface area contributed by atoms with E-state index in [4.69, 9.17) is 10.5 Å². The van der Waals surface area contributed by atoms with Gasteiger partial charge in [0.1, 0.15) is 5.75 Å². The Kier molecular flexibility index (Phi) is 4.24. The number of alkyl halides is 3. The monoisotopic (exact) mass is 282 g/mol. The van der Waals surface area contributed by atoms with E-state index in [0.717, 1.165) is 6.20 Å². The highest BCUT2D eigenvalue weighted by atomic mass is 19.4. The highest BCUT2D eigenvalue weighted by Gasteiger charge is 2.43. The van der Waals surface area contributed by atoms with Crippen LogP contribution in [0.3, 0.4) is 0 Å². The fraction of sp³-hybridized carbons (Fsp3) is 0.214. The maximum atomic E-state index is 13.1. The first-order valence-corrected chi connectivity index (χ1v) is 5.93. The van der Waals surface area contributed by atoms with E-state index < -0.39 is 12.3 Å². The van der Waals surface area contributed by atoms with Gasteiger partial charge in [-0.1, -0.05) is 24.3 Å². The van der Waals surface area contributed by atoms with E-state index in [-0.39, 0.29) is 17.9 Å². The number of ether oxygens (including phenoxy) is 1. The van der Waals surface area contributed by atoms with Gasteiger partial charge in [-0.15, -0.1) is 0 Å². The molecule has 1 heterocycles. The fourth-order valence-electron chi connectivity index (χ4n) is 1.77. The van der Waals surface area contributed by atoms with Crippen LogP contribution in [-0.4, -0.2) is 11.2 Å². The summed E-state index contributed by atoms with van der Waals surface area (Å²) in [5, 5.41) is 0. The van der Waals surface area contributed by atoms with Gasteiger partial charge >= 0.3 is 6.18 Å². The fourth-order valence-corrected chi connectivity index (χ4v) is 1.77. The van der Waals surface area contributed by atoms with Crippen molar-refractivity contribution in [2.24, 2.45) is 5.73 Å². The van der Waals surface area contributed by atoms with Gasteiger partial charge in [-0.25, -0.2) is 0 Å². The second kappa shape index (κ2) is 5.92. The van der Waals surface area contributed by atoms with E-state index in [9.17, 15) is 13.2 Å². The van der Waals surface area contributed by atoms with Gasteiger partial charge in [0.2, 0.25) is 6.10 Å². The maximum Gasteiger partial charge on any atom is 0.429 e. The lowest BCUT2D eigenvalue weighted by molar-refractivity contribution is -0.198. The summed E-state index contributed by atoms with van der Waals surface area (Å²) in [6.45, 7) is 0.105. The predicted octanol–water partition coefficient (Wildman–Crippen LogP) is 3.22. The molecule has 20 heavy (non-hydrogen) atoms. The van der Waals surface area contributed by atoms with Crippen LogP contribution in [0.15, 0.2) is 48.8 Å². The molecule has 0 fully saturated rings. The Hall–Kier alpha value is -2.08. The van der Waals surface area contributed by atoms with Crippen molar-refractivity contribution in [3.05, 3.63) is 59.9 Å². The molecular formula is C14H13F3N2O. The van der Waals surface area contributed by atoms with Crippen LogP contribution in [0, 0.1) is 0 Å².